The van der Waals surface area contributed by atoms with Gasteiger partial charge in [0.05, 0.1) is 5.56 Å². The molecule has 0 saturated heterocycles. The third-order valence-electron chi connectivity index (χ3n) is 3.77. The zero-order valence-corrected chi connectivity index (χ0v) is 11.0. The van der Waals surface area contributed by atoms with Crippen LogP contribution >= 0.6 is 0 Å². The fourth-order valence-electron chi connectivity index (χ4n) is 2.36. The van der Waals surface area contributed by atoms with Crippen molar-refractivity contribution in [3.8, 4) is 17.2 Å². The number of hydrogen-bond donors (Lipinski definition) is 1. The largest absolute Gasteiger partial charge is 0.507 e. The average Bonchev–Trinajstić information content (AvgIpc) is 2.78. The van der Waals surface area contributed by atoms with Crippen LogP contribution in [0.4, 0.5) is 0 Å². The van der Waals surface area contributed by atoms with Crippen LogP contribution in [-0.2, 0) is 10.3 Å². The van der Waals surface area contributed by atoms with E-state index < -0.39 is 5.60 Å². The van der Waals surface area contributed by atoms with E-state index in [0.717, 1.165) is 24.8 Å². The lowest BCUT2D eigenvalue weighted by atomic mass is 9.79. The number of aryl methyl sites for hydroxylation is 1. The van der Waals surface area contributed by atoms with E-state index >= 15 is 0 Å². The van der Waals surface area contributed by atoms with Gasteiger partial charge in [0, 0.05) is 7.11 Å². The minimum absolute atomic E-state index is 0.148. The highest BCUT2D eigenvalue weighted by Gasteiger charge is 2.43. The van der Waals surface area contributed by atoms with Gasteiger partial charge in [0.1, 0.15) is 11.4 Å². The minimum Gasteiger partial charge on any atom is -0.507 e. The first kappa shape index (κ1) is 12.2. The molecule has 0 bridgehead atoms. The minimum atomic E-state index is -0.401. The molecule has 0 unspecified atom stereocenters. The van der Waals surface area contributed by atoms with Crippen molar-refractivity contribution < 1.29 is 14.4 Å². The molecule has 1 fully saturated rings. The summed E-state index contributed by atoms with van der Waals surface area (Å²) in [6, 6.07) is 5.35. The Labute approximate surface area is 111 Å². The number of aromatic nitrogens is 2. The van der Waals surface area contributed by atoms with Gasteiger partial charge in [0.2, 0.25) is 5.82 Å². The second kappa shape index (κ2) is 4.35. The maximum atomic E-state index is 9.93. The molecule has 3 rings (SSSR count). The highest BCUT2D eigenvalue weighted by Crippen LogP contribution is 2.43. The van der Waals surface area contributed by atoms with E-state index in [1.165, 1.54) is 0 Å². The fraction of sp³-hybridized carbons (Fsp3) is 0.429. The van der Waals surface area contributed by atoms with Crippen molar-refractivity contribution in [3.05, 3.63) is 29.6 Å². The Morgan fingerprint density at radius 3 is 2.74 bits per heavy atom. The van der Waals surface area contributed by atoms with Crippen LogP contribution in [0.1, 0.15) is 30.7 Å². The number of nitrogens with zero attached hydrogens (tertiary/aromatic N) is 2. The van der Waals surface area contributed by atoms with Crippen molar-refractivity contribution in [2.45, 2.75) is 31.8 Å². The standard InChI is InChI=1S/C14H16N2O3/c1-9-4-5-10(11(17)8-9)12-15-13(16-19-12)14(18-2)6-3-7-14/h4-5,8,17H,3,6-7H2,1-2H3. The molecule has 0 radical (unpaired) electrons. The van der Waals surface area contributed by atoms with Gasteiger partial charge in [-0.25, -0.2) is 0 Å². The number of phenolic OH excluding ortho intramolecular Hbond substituents is 1. The molecule has 0 amide bonds. The smallest absolute Gasteiger partial charge is 0.261 e. The zero-order chi connectivity index (χ0) is 13.5. The maximum Gasteiger partial charge on any atom is 0.261 e. The summed E-state index contributed by atoms with van der Waals surface area (Å²) in [5, 5.41) is 13.9. The topological polar surface area (TPSA) is 68.4 Å². The van der Waals surface area contributed by atoms with Crippen LogP contribution in [0.3, 0.4) is 0 Å². The molecule has 0 spiro atoms. The predicted molar refractivity (Wildman–Crippen MR) is 68.7 cm³/mol. The SMILES string of the molecule is COC1(c2noc(-c3ccc(C)cc3O)n2)CCC1. The maximum absolute atomic E-state index is 9.93. The van der Waals surface area contributed by atoms with Crippen molar-refractivity contribution in [3.63, 3.8) is 0 Å². The number of methoxy groups -OCH3 is 1. The van der Waals surface area contributed by atoms with E-state index in [1.807, 2.05) is 13.0 Å². The molecular weight excluding hydrogens is 244 g/mol. The van der Waals surface area contributed by atoms with Gasteiger partial charge < -0.3 is 14.4 Å². The number of ether oxygens (including phenoxy) is 1. The lowest BCUT2D eigenvalue weighted by Crippen LogP contribution is -2.37. The summed E-state index contributed by atoms with van der Waals surface area (Å²) in [6.45, 7) is 1.91. The Kier molecular flexibility index (Phi) is 2.78. The molecule has 19 heavy (non-hydrogen) atoms. The highest BCUT2D eigenvalue weighted by molar-refractivity contribution is 5.62. The molecule has 1 saturated carbocycles. The van der Waals surface area contributed by atoms with Crippen LogP contribution < -0.4 is 0 Å². The van der Waals surface area contributed by atoms with Crippen molar-refractivity contribution in [2.24, 2.45) is 0 Å². The predicted octanol–water partition coefficient (Wildman–Crippen LogP) is 2.78. The Bertz CT molecular complexity index is 597. The van der Waals surface area contributed by atoms with Crippen molar-refractivity contribution in [2.75, 3.05) is 7.11 Å². The van der Waals surface area contributed by atoms with Gasteiger partial charge >= 0.3 is 0 Å². The summed E-state index contributed by atoms with van der Waals surface area (Å²) < 4.78 is 10.8. The molecular formula is C14H16N2O3. The summed E-state index contributed by atoms with van der Waals surface area (Å²) >= 11 is 0. The van der Waals surface area contributed by atoms with Crippen LogP contribution in [0.25, 0.3) is 11.5 Å². The van der Waals surface area contributed by atoms with Gasteiger partial charge in [-0.15, -0.1) is 0 Å². The summed E-state index contributed by atoms with van der Waals surface area (Å²) in [4.78, 5) is 4.37. The van der Waals surface area contributed by atoms with E-state index in [1.54, 1.807) is 19.2 Å². The third kappa shape index (κ3) is 1.90. The van der Waals surface area contributed by atoms with E-state index in [4.69, 9.17) is 9.26 Å². The molecule has 1 aromatic carbocycles. The van der Waals surface area contributed by atoms with Crippen LogP contribution in [0.15, 0.2) is 22.7 Å². The number of hydrogen-bond acceptors (Lipinski definition) is 5. The molecule has 1 aromatic heterocycles. The molecule has 1 heterocycles. The number of benzene rings is 1. The van der Waals surface area contributed by atoms with Crippen molar-refractivity contribution in [1.29, 1.82) is 0 Å². The Hall–Kier alpha value is -1.88. The Morgan fingerprint density at radius 2 is 2.16 bits per heavy atom. The Balaban J connectivity index is 1.97. The summed E-state index contributed by atoms with van der Waals surface area (Å²) in [6.07, 6.45) is 2.91. The summed E-state index contributed by atoms with van der Waals surface area (Å²) in [5.41, 5.74) is 1.13. The Morgan fingerprint density at radius 1 is 1.37 bits per heavy atom. The molecule has 0 atom stereocenters. The third-order valence-corrected chi connectivity index (χ3v) is 3.77. The molecule has 100 valence electrons. The molecule has 0 aliphatic heterocycles. The first-order chi connectivity index (χ1) is 9.14. The lowest BCUT2D eigenvalue weighted by molar-refractivity contribution is -0.0858. The van der Waals surface area contributed by atoms with Gasteiger partial charge in [-0.3, -0.25) is 0 Å². The molecule has 5 heteroatoms. The number of rotatable bonds is 3. The number of phenols is 1. The summed E-state index contributed by atoms with van der Waals surface area (Å²) in [7, 11) is 1.67. The van der Waals surface area contributed by atoms with Crippen LogP contribution in [0, 0.1) is 6.92 Å². The first-order valence-corrected chi connectivity index (χ1v) is 6.34. The van der Waals surface area contributed by atoms with E-state index in [0.29, 0.717) is 17.3 Å². The molecule has 5 nitrogen and oxygen atoms in total. The molecule has 1 N–H and O–H groups in total. The molecule has 2 aromatic rings. The van der Waals surface area contributed by atoms with Gasteiger partial charge in [0.25, 0.3) is 5.89 Å². The zero-order valence-electron chi connectivity index (χ0n) is 11.0. The second-order valence-corrected chi connectivity index (χ2v) is 5.00. The highest BCUT2D eigenvalue weighted by atomic mass is 16.5. The van der Waals surface area contributed by atoms with E-state index in [-0.39, 0.29) is 5.75 Å². The van der Waals surface area contributed by atoms with Crippen LogP contribution in [-0.4, -0.2) is 22.4 Å². The van der Waals surface area contributed by atoms with Crippen LogP contribution in [0.2, 0.25) is 0 Å². The quantitative estimate of drug-likeness (QED) is 0.919. The lowest BCUT2D eigenvalue weighted by Gasteiger charge is -2.37. The summed E-state index contributed by atoms with van der Waals surface area (Å²) in [5.74, 6) is 1.04. The second-order valence-electron chi connectivity index (χ2n) is 5.00. The van der Waals surface area contributed by atoms with Gasteiger partial charge in [-0.1, -0.05) is 11.2 Å². The normalized spacial score (nSPS) is 17.2. The van der Waals surface area contributed by atoms with Crippen LogP contribution in [0.5, 0.6) is 5.75 Å². The van der Waals surface area contributed by atoms with Crippen molar-refractivity contribution >= 4 is 0 Å². The van der Waals surface area contributed by atoms with E-state index in [9.17, 15) is 5.11 Å². The average molecular weight is 260 g/mol. The van der Waals surface area contributed by atoms with Gasteiger partial charge in [-0.2, -0.15) is 4.98 Å². The first-order valence-electron chi connectivity index (χ1n) is 6.34. The van der Waals surface area contributed by atoms with Crippen molar-refractivity contribution in [1.82, 2.24) is 10.1 Å². The molecule has 1 aliphatic rings. The van der Waals surface area contributed by atoms with Gasteiger partial charge in [0.15, 0.2) is 0 Å². The van der Waals surface area contributed by atoms with E-state index in [2.05, 4.69) is 10.1 Å². The molecule has 1 aliphatic carbocycles. The monoisotopic (exact) mass is 260 g/mol. The van der Waals surface area contributed by atoms with Gasteiger partial charge in [-0.05, 0) is 43.9 Å². The number of aromatic hydroxyl groups is 1. The fourth-order valence-corrected chi connectivity index (χ4v) is 2.36.